The van der Waals surface area contributed by atoms with Gasteiger partial charge in [0.2, 0.25) is 0 Å². The highest BCUT2D eigenvalue weighted by molar-refractivity contribution is 7.10. The lowest BCUT2D eigenvalue weighted by Crippen LogP contribution is -2.41. The Morgan fingerprint density at radius 3 is 3.08 bits per heavy atom. The Morgan fingerprint density at radius 2 is 2.54 bits per heavy atom. The van der Waals surface area contributed by atoms with Crippen LogP contribution in [0.15, 0.2) is 17.5 Å². The summed E-state index contributed by atoms with van der Waals surface area (Å²) in [5.74, 6) is 0. The van der Waals surface area contributed by atoms with Crippen LogP contribution in [0.1, 0.15) is 30.7 Å². The van der Waals surface area contributed by atoms with E-state index in [0.29, 0.717) is 0 Å². The molecule has 1 N–H and O–H groups in total. The van der Waals surface area contributed by atoms with Gasteiger partial charge in [0.05, 0.1) is 5.54 Å². The Hall–Kier alpha value is -0.380. The third-order valence-corrected chi connectivity index (χ3v) is 3.70. The highest BCUT2D eigenvalue weighted by Gasteiger charge is 2.38. The lowest BCUT2D eigenvalue weighted by atomic mass is 9.92. The first-order valence-corrected chi connectivity index (χ1v) is 5.54. The second kappa shape index (κ2) is 3.40. The molecule has 0 saturated carbocycles. The molecule has 1 radical (unpaired) electrons. The Kier molecular flexibility index (Phi) is 2.41. The van der Waals surface area contributed by atoms with Crippen molar-refractivity contribution in [2.24, 2.45) is 0 Å². The van der Waals surface area contributed by atoms with Crippen LogP contribution >= 0.6 is 11.3 Å². The summed E-state index contributed by atoms with van der Waals surface area (Å²) in [6.07, 6.45) is 1.52. The van der Waals surface area contributed by atoms with Crippen LogP contribution in [-0.2, 0) is 5.11 Å². The monoisotopic (exact) mass is 196 g/mol. The summed E-state index contributed by atoms with van der Waals surface area (Å²) < 4.78 is 0. The van der Waals surface area contributed by atoms with E-state index < -0.39 is 6.10 Å². The fourth-order valence-corrected chi connectivity index (χ4v) is 2.75. The van der Waals surface area contributed by atoms with E-state index in [0.717, 1.165) is 24.3 Å². The van der Waals surface area contributed by atoms with Crippen LogP contribution in [0.3, 0.4) is 0 Å². The molecule has 1 saturated heterocycles. The highest BCUT2D eigenvalue weighted by atomic mass is 32.1. The minimum absolute atomic E-state index is 0.217. The topological polar surface area (TPSA) is 31.9 Å². The van der Waals surface area contributed by atoms with E-state index in [-0.39, 0.29) is 5.54 Å². The normalized spacial score (nSPS) is 30.6. The van der Waals surface area contributed by atoms with E-state index in [1.54, 1.807) is 11.3 Å². The summed E-state index contributed by atoms with van der Waals surface area (Å²) in [7, 11) is 0. The predicted octanol–water partition coefficient (Wildman–Crippen LogP) is 2.36. The molecule has 1 unspecified atom stereocenters. The summed E-state index contributed by atoms with van der Waals surface area (Å²) in [5, 5.41) is 17.3. The minimum atomic E-state index is -0.602. The molecule has 0 spiro atoms. The van der Waals surface area contributed by atoms with E-state index in [2.05, 4.69) is 5.32 Å². The minimum Gasteiger partial charge on any atom is -0.309 e. The Morgan fingerprint density at radius 1 is 1.69 bits per heavy atom. The van der Waals surface area contributed by atoms with Gasteiger partial charge in [-0.1, -0.05) is 6.07 Å². The van der Waals surface area contributed by atoms with Gasteiger partial charge < -0.3 is 5.32 Å². The molecular weight excluding hydrogens is 182 g/mol. The zero-order chi connectivity index (χ0) is 9.31. The molecular formula is C10H14NOS. The van der Waals surface area contributed by atoms with Crippen molar-refractivity contribution >= 4 is 11.3 Å². The zero-order valence-corrected chi connectivity index (χ0v) is 8.56. The van der Waals surface area contributed by atoms with Gasteiger partial charge in [-0.15, -0.1) is 11.3 Å². The number of hydrogen-bond donors (Lipinski definition) is 1. The van der Waals surface area contributed by atoms with Gasteiger partial charge in [0.15, 0.2) is 0 Å². The van der Waals surface area contributed by atoms with Crippen molar-refractivity contribution in [3.8, 4) is 0 Å². The Labute approximate surface area is 82.6 Å². The number of rotatable bonds is 2. The van der Waals surface area contributed by atoms with Gasteiger partial charge in [-0.3, -0.25) is 0 Å². The molecule has 1 aromatic heterocycles. The molecule has 2 rings (SSSR count). The third-order valence-electron chi connectivity index (χ3n) is 2.78. The number of hydrogen-bond acceptors (Lipinski definition) is 2. The molecule has 1 aromatic rings. The third kappa shape index (κ3) is 1.64. The van der Waals surface area contributed by atoms with Crippen molar-refractivity contribution in [2.75, 3.05) is 6.54 Å². The van der Waals surface area contributed by atoms with E-state index in [9.17, 15) is 5.11 Å². The van der Waals surface area contributed by atoms with Crippen LogP contribution in [-0.4, -0.2) is 12.1 Å². The zero-order valence-electron chi connectivity index (χ0n) is 7.75. The molecule has 2 atom stereocenters. The molecule has 3 heteroatoms. The quantitative estimate of drug-likeness (QED) is 0.773. The van der Waals surface area contributed by atoms with Crippen molar-refractivity contribution in [2.45, 2.75) is 31.4 Å². The molecule has 0 bridgehead atoms. The summed E-state index contributed by atoms with van der Waals surface area (Å²) in [5.41, 5.74) is -0.217. The van der Waals surface area contributed by atoms with Crippen molar-refractivity contribution in [1.82, 2.24) is 5.32 Å². The standard InChI is InChI=1S/C10H14NOS/c1-10(5-3-6-11-10)9(12)8-4-2-7-13-8/h2,4,7,9,11H,3,5-6H2,1H3/t9?,10-/m1/s1. The van der Waals surface area contributed by atoms with Crippen molar-refractivity contribution < 1.29 is 5.11 Å². The first-order chi connectivity index (χ1) is 6.22. The average Bonchev–Trinajstić information content (AvgIpc) is 2.73. The smallest absolute Gasteiger partial charge is 0.145 e. The largest absolute Gasteiger partial charge is 0.309 e. The van der Waals surface area contributed by atoms with Crippen LogP contribution in [0.4, 0.5) is 0 Å². The first kappa shape index (κ1) is 9.19. The van der Waals surface area contributed by atoms with E-state index in [1.165, 1.54) is 0 Å². The van der Waals surface area contributed by atoms with Crippen LogP contribution in [0.2, 0.25) is 0 Å². The van der Waals surface area contributed by atoms with Crippen LogP contribution in [0.5, 0.6) is 0 Å². The Bertz CT molecular complexity index is 264. The number of thiophene rings is 1. The highest BCUT2D eigenvalue weighted by Crippen LogP contribution is 2.35. The molecule has 2 nitrogen and oxygen atoms in total. The van der Waals surface area contributed by atoms with Gasteiger partial charge in [0.25, 0.3) is 0 Å². The van der Waals surface area contributed by atoms with Gasteiger partial charge in [-0.25, -0.2) is 5.11 Å². The van der Waals surface area contributed by atoms with Crippen molar-refractivity contribution in [3.05, 3.63) is 22.4 Å². The SMILES string of the molecule is C[C@]1(C([O])c2cccs2)CCCN1. The summed E-state index contributed by atoms with van der Waals surface area (Å²) >= 11 is 1.56. The van der Waals surface area contributed by atoms with Gasteiger partial charge >= 0.3 is 0 Å². The van der Waals surface area contributed by atoms with Crippen LogP contribution < -0.4 is 5.32 Å². The van der Waals surface area contributed by atoms with Gasteiger partial charge in [-0.05, 0) is 37.8 Å². The second-order valence-corrected chi connectivity index (χ2v) is 4.82. The number of nitrogens with one attached hydrogen (secondary N) is 1. The molecule has 0 aliphatic carbocycles. The van der Waals surface area contributed by atoms with Gasteiger partial charge in [0.1, 0.15) is 6.10 Å². The Balaban J connectivity index is 2.16. The summed E-state index contributed by atoms with van der Waals surface area (Å²) in [6.45, 7) is 3.03. The van der Waals surface area contributed by atoms with Crippen molar-refractivity contribution in [1.29, 1.82) is 0 Å². The molecule has 0 aromatic carbocycles. The van der Waals surface area contributed by atoms with E-state index in [4.69, 9.17) is 0 Å². The first-order valence-electron chi connectivity index (χ1n) is 4.67. The maximum atomic E-state index is 12.1. The molecule has 2 heterocycles. The molecule has 13 heavy (non-hydrogen) atoms. The van der Waals surface area contributed by atoms with E-state index >= 15 is 0 Å². The molecule has 1 fully saturated rings. The van der Waals surface area contributed by atoms with Gasteiger partial charge in [0, 0.05) is 4.88 Å². The lowest BCUT2D eigenvalue weighted by molar-refractivity contribution is 0.0184. The maximum Gasteiger partial charge on any atom is 0.145 e. The second-order valence-electron chi connectivity index (χ2n) is 3.84. The summed E-state index contributed by atoms with van der Waals surface area (Å²) in [4.78, 5) is 0.955. The lowest BCUT2D eigenvalue weighted by Gasteiger charge is -2.27. The van der Waals surface area contributed by atoms with Crippen LogP contribution in [0, 0.1) is 0 Å². The van der Waals surface area contributed by atoms with Crippen LogP contribution in [0.25, 0.3) is 0 Å². The molecule has 71 valence electrons. The predicted molar refractivity (Wildman–Crippen MR) is 53.4 cm³/mol. The maximum absolute atomic E-state index is 12.1. The van der Waals surface area contributed by atoms with E-state index in [1.807, 2.05) is 24.4 Å². The molecule has 1 aliphatic heterocycles. The molecule has 1 aliphatic rings. The fourth-order valence-electron chi connectivity index (χ4n) is 1.90. The fraction of sp³-hybridized carbons (Fsp3) is 0.600. The van der Waals surface area contributed by atoms with Gasteiger partial charge in [-0.2, -0.15) is 0 Å². The average molecular weight is 196 g/mol. The van der Waals surface area contributed by atoms with Crippen molar-refractivity contribution in [3.63, 3.8) is 0 Å². The molecule has 0 amide bonds. The summed E-state index contributed by atoms with van der Waals surface area (Å²) in [6, 6.07) is 3.89.